The molecule has 2 nitrogen and oxygen atoms in total. The molecule has 3 aromatic carbocycles. The molecule has 1 fully saturated rings. The van der Waals surface area contributed by atoms with Gasteiger partial charge in [0.15, 0.2) is 13.6 Å². The summed E-state index contributed by atoms with van der Waals surface area (Å²) in [5.41, 5.74) is -0.619. The van der Waals surface area contributed by atoms with Crippen molar-refractivity contribution in [2.45, 2.75) is 44.9 Å². The molecular weight excluding hydrogens is 443 g/mol. The van der Waals surface area contributed by atoms with Gasteiger partial charge in [0.25, 0.3) is 0 Å². The van der Waals surface area contributed by atoms with Crippen LogP contribution in [0.1, 0.15) is 33.1 Å². The van der Waals surface area contributed by atoms with Gasteiger partial charge in [-0.15, -0.1) is 0 Å². The van der Waals surface area contributed by atoms with E-state index in [2.05, 4.69) is 97.9 Å². The van der Waals surface area contributed by atoms with Crippen molar-refractivity contribution in [3.63, 3.8) is 0 Å². The third-order valence-corrected chi connectivity index (χ3v) is 10.2. The number of ether oxygens (including phenoxy) is 2. The molecular formula is C25H28BrO2P. The quantitative estimate of drug-likeness (QED) is 0.493. The van der Waals surface area contributed by atoms with Crippen molar-refractivity contribution in [3.8, 4) is 0 Å². The Balaban J connectivity index is 0.00000240. The fourth-order valence-corrected chi connectivity index (χ4v) is 9.40. The van der Waals surface area contributed by atoms with Crippen LogP contribution in [0.5, 0.6) is 0 Å². The summed E-state index contributed by atoms with van der Waals surface area (Å²) in [5.74, 6) is 0. The molecule has 1 heterocycles. The molecule has 0 unspecified atom stereocenters. The van der Waals surface area contributed by atoms with Crippen LogP contribution in [-0.2, 0) is 9.47 Å². The molecule has 1 aliphatic heterocycles. The average Bonchev–Trinajstić information content (AvgIpc) is 2.74. The van der Waals surface area contributed by atoms with Gasteiger partial charge in [0.2, 0.25) is 0 Å². The second-order valence-corrected chi connectivity index (χ2v) is 10.9. The van der Waals surface area contributed by atoms with E-state index in [0.717, 1.165) is 19.3 Å². The Labute approximate surface area is 185 Å². The van der Waals surface area contributed by atoms with Gasteiger partial charge in [0.1, 0.15) is 15.9 Å². The Morgan fingerprint density at radius 1 is 0.724 bits per heavy atom. The Hall–Kier alpha value is -1.51. The highest BCUT2D eigenvalue weighted by Crippen LogP contribution is 2.71. The maximum Gasteiger partial charge on any atom is 0.302 e. The molecule has 0 N–H and O–H groups in total. The third-order valence-electron chi connectivity index (χ3n) is 5.49. The summed E-state index contributed by atoms with van der Waals surface area (Å²) in [6, 6.07) is 32.5. The number of rotatable bonds is 7. The predicted octanol–water partition coefficient (Wildman–Crippen LogP) is 2.22. The number of hydrogen-bond donors (Lipinski definition) is 0. The first-order chi connectivity index (χ1) is 13.7. The van der Waals surface area contributed by atoms with Crippen LogP contribution in [0.3, 0.4) is 0 Å². The zero-order valence-electron chi connectivity index (χ0n) is 17.0. The second kappa shape index (κ2) is 9.53. The highest BCUT2D eigenvalue weighted by atomic mass is 79.9. The Bertz CT molecular complexity index is 784. The van der Waals surface area contributed by atoms with Gasteiger partial charge in [0.05, 0.1) is 0 Å². The molecule has 3 aromatic rings. The molecule has 29 heavy (non-hydrogen) atoms. The van der Waals surface area contributed by atoms with Crippen LogP contribution >= 0.6 is 7.26 Å². The maximum absolute atomic E-state index is 6.58. The van der Waals surface area contributed by atoms with Crippen LogP contribution in [0.15, 0.2) is 91.0 Å². The van der Waals surface area contributed by atoms with Crippen molar-refractivity contribution in [2.75, 3.05) is 0 Å². The lowest BCUT2D eigenvalue weighted by atomic mass is 10.2. The molecule has 0 aromatic heterocycles. The van der Waals surface area contributed by atoms with E-state index in [1.807, 2.05) is 6.92 Å². The molecule has 0 aliphatic carbocycles. The normalized spacial score (nSPS) is 21.1. The predicted molar refractivity (Wildman–Crippen MR) is 119 cm³/mol. The molecule has 0 radical (unpaired) electrons. The van der Waals surface area contributed by atoms with Crippen molar-refractivity contribution in [1.82, 2.24) is 0 Å². The van der Waals surface area contributed by atoms with Crippen molar-refractivity contribution < 1.29 is 26.5 Å². The summed E-state index contributed by atoms with van der Waals surface area (Å²) in [4.78, 5) is 0. The molecule has 4 heteroatoms. The highest BCUT2D eigenvalue weighted by molar-refractivity contribution is 7.96. The molecule has 0 saturated carbocycles. The number of halogens is 1. The number of unbranched alkanes of at least 4 members (excludes halogenated alkanes) is 1. The second-order valence-electron chi connectivity index (χ2n) is 7.30. The van der Waals surface area contributed by atoms with Gasteiger partial charge in [-0.1, -0.05) is 67.9 Å². The molecule has 4 rings (SSSR count). The fraction of sp³-hybridized carbons (Fsp3) is 0.280. The summed E-state index contributed by atoms with van der Waals surface area (Å²) < 4.78 is 13.2. The zero-order chi connectivity index (χ0) is 19.5. The van der Waals surface area contributed by atoms with E-state index in [1.54, 1.807) is 0 Å². The van der Waals surface area contributed by atoms with E-state index in [1.165, 1.54) is 15.9 Å². The molecule has 1 aliphatic rings. The smallest absolute Gasteiger partial charge is 0.302 e. The largest absolute Gasteiger partial charge is 1.00 e. The lowest BCUT2D eigenvalue weighted by molar-refractivity contribution is -0.403. The summed E-state index contributed by atoms with van der Waals surface area (Å²) in [6.45, 7) is 4.23. The Morgan fingerprint density at radius 3 is 1.41 bits per heavy atom. The standard InChI is InChI=1S/C25H28O2P.BrH/c1-3-4-20-25(26-21(2)27-25)28(22-14-8-5-9-15-22,23-16-10-6-11-17-23)24-18-12-7-13-19-24;/h5-19,21H,3-4,20H2,1-2H3;1H/q+1;/p-1. The van der Waals surface area contributed by atoms with Gasteiger partial charge < -0.3 is 17.0 Å². The van der Waals surface area contributed by atoms with E-state index in [0.29, 0.717) is 0 Å². The van der Waals surface area contributed by atoms with E-state index in [-0.39, 0.29) is 23.3 Å². The minimum atomic E-state index is -2.20. The van der Waals surface area contributed by atoms with E-state index in [4.69, 9.17) is 9.47 Å². The summed E-state index contributed by atoms with van der Waals surface area (Å²) >= 11 is 0. The van der Waals surface area contributed by atoms with Crippen molar-refractivity contribution in [3.05, 3.63) is 91.0 Å². The van der Waals surface area contributed by atoms with Gasteiger partial charge in [-0.25, -0.2) is 0 Å². The summed E-state index contributed by atoms with van der Waals surface area (Å²) in [5, 5.41) is 3.90. The van der Waals surface area contributed by atoms with Gasteiger partial charge in [-0.05, 0) is 49.7 Å². The average molecular weight is 471 g/mol. The van der Waals surface area contributed by atoms with Crippen LogP contribution in [0.25, 0.3) is 0 Å². The Kier molecular flexibility index (Phi) is 7.29. The molecule has 0 spiro atoms. The lowest BCUT2D eigenvalue weighted by Gasteiger charge is -2.51. The lowest BCUT2D eigenvalue weighted by Crippen LogP contribution is -3.00. The van der Waals surface area contributed by atoms with Crippen molar-refractivity contribution in [1.29, 1.82) is 0 Å². The highest BCUT2D eigenvalue weighted by Gasteiger charge is 2.70. The fourth-order valence-electron chi connectivity index (χ4n) is 4.36. The topological polar surface area (TPSA) is 18.5 Å². The SMILES string of the molecule is CCCCC1([P+](c2ccccc2)(c2ccccc2)c2ccccc2)OC(C)O1.[Br-]. The van der Waals surface area contributed by atoms with Crippen LogP contribution in [0.2, 0.25) is 0 Å². The summed E-state index contributed by atoms with van der Waals surface area (Å²) in [6.07, 6.45) is 2.90. The van der Waals surface area contributed by atoms with Crippen molar-refractivity contribution >= 4 is 23.2 Å². The zero-order valence-corrected chi connectivity index (χ0v) is 19.5. The van der Waals surface area contributed by atoms with Crippen molar-refractivity contribution in [2.24, 2.45) is 0 Å². The van der Waals surface area contributed by atoms with Gasteiger partial charge >= 0.3 is 5.53 Å². The minimum absolute atomic E-state index is 0. The first kappa shape index (κ1) is 22.2. The number of hydrogen-bond acceptors (Lipinski definition) is 2. The monoisotopic (exact) mass is 470 g/mol. The minimum Gasteiger partial charge on any atom is -1.00 e. The van der Waals surface area contributed by atoms with Gasteiger partial charge in [0, 0.05) is 6.42 Å². The van der Waals surface area contributed by atoms with Gasteiger partial charge in [-0.3, -0.25) is 9.47 Å². The van der Waals surface area contributed by atoms with E-state index < -0.39 is 12.8 Å². The van der Waals surface area contributed by atoms with Crippen LogP contribution < -0.4 is 32.9 Å². The van der Waals surface area contributed by atoms with Crippen LogP contribution in [0, 0.1) is 0 Å². The summed E-state index contributed by atoms with van der Waals surface area (Å²) in [7, 11) is -2.20. The third kappa shape index (κ3) is 3.82. The van der Waals surface area contributed by atoms with E-state index in [9.17, 15) is 0 Å². The molecule has 1 saturated heterocycles. The Morgan fingerprint density at radius 2 is 1.10 bits per heavy atom. The molecule has 0 bridgehead atoms. The molecule has 152 valence electrons. The van der Waals surface area contributed by atoms with Gasteiger partial charge in [-0.2, -0.15) is 0 Å². The first-order valence-electron chi connectivity index (χ1n) is 10.1. The number of benzene rings is 3. The van der Waals surface area contributed by atoms with Crippen LogP contribution in [-0.4, -0.2) is 11.8 Å². The maximum atomic E-state index is 6.58. The molecule has 0 atom stereocenters. The van der Waals surface area contributed by atoms with E-state index >= 15 is 0 Å². The molecule has 0 amide bonds. The van der Waals surface area contributed by atoms with Crippen LogP contribution in [0.4, 0.5) is 0 Å². The first-order valence-corrected chi connectivity index (χ1v) is 11.9.